The first-order valence-corrected chi connectivity index (χ1v) is 3.74. The van der Waals surface area contributed by atoms with Crippen LogP contribution in [0.25, 0.3) is 0 Å². The molecule has 98 valence electrons. The zero-order valence-electron chi connectivity index (χ0n) is 7.25. The van der Waals surface area contributed by atoms with Gasteiger partial charge in [0, 0.05) is 0 Å². The Morgan fingerprint density at radius 1 is 0.765 bits per heavy atom. The van der Waals surface area contributed by atoms with Gasteiger partial charge >= 0.3 is 36.0 Å². The van der Waals surface area contributed by atoms with Crippen LogP contribution in [0.15, 0.2) is 12.0 Å². The number of fused-ring (bicyclic) bond motifs is 1. The van der Waals surface area contributed by atoms with Crippen molar-refractivity contribution in [3.8, 4) is 0 Å². The van der Waals surface area contributed by atoms with E-state index in [-0.39, 0.29) is 0 Å². The van der Waals surface area contributed by atoms with Gasteiger partial charge in [0.2, 0.25) is 0 Å². The molecule has 0 aromatic rings. The topological polar surface area (TPSA) is 27.7 Å². The van der Waals surface area contributed by atoms with E-state index in [2.05, 4.69) is 14.2 Å². The quantitative estimate of drug-likeness (QED) is 0.634. The second kappa shape index (κ2) is 2.76. The van der Waals surface area contributed by atoms with Gasteiger partial charge < -0.3 is 9.47 Å². The van der Waals surface area contributed by atoms with Crippen LogP contribution in [0.1, 0.15) is 0 Å². The summed E-state index contributed by atoms with van der Waals surface area (Å²) in [5, 5.41) is 0. The van der Waals surface area contributed by atoms with E-state index in [0.29, 0.717) is 0 Å². The zero-order chi connectivity index (χ0) is 13.3. The maximum Gasteiger partial charge on any atom is 0.438 e. The van der Waals surface area contributed by atoms with Gasteiger partial charge in [0.1, 0.15) is 0 Å². The standard InChI is InChI=1S/C6F8O3/c7-1(8)2-15-3(9)4(10,16-2)6(13,14)17-5(3,11)12. The highest BCUT2D eigenvalue weighted by Crippen LogP contribution is 2.65. The van der Waals surface area contributed by atoms with Crippen LogP contribution < -0.4 is 0 Å². The summed E-state index contributed by atoms with van der Waals surface area (Å²) < 4.78 is 110. The molecule has 11 heteroatoms. The minimum Gasteiger partial charge on any atom is -0.410 e. The molecular weight excluding hydrogens is 272 g/mol. The highest BCUT2D eigenvalue weighted by Gasteiger charge is 2.95. The Kier molecular flexibility index (Phi) is 1.98. The van der Waals surface area contributed by atoms with Gasteiger partial charge in [-0.15, -0.1) is 0 Å². The van der Waals surface area contributed by atoms with E-state index < -0.39 is 36.0 Å². The van der Waals surface area contributed by atoms with Crippen molar-refractivity contribution in [1.29, 1.82) is 0 Å². The van der Waals surface area contributed by atoms with Crippen molar-refractivity contribution in [2.45, 2.75) is 23.9 Å². The van der Waals surface area contributed by atoms with E-state index in [1.54, 1.807) is 0 Å². The highest BCUT2D eigenvalue weighted by molar-refractivity contribution is 5.13. The van der Waals surface area contributed by atoms with Gasteiger partial charge in [-0.1, -0.05) is 0 Å². The molecule has 0 amide bonds. The Bertz CT molecular complexity index is 374. The van der Waals surface area contributed by atoms with E-state index in [1.165, 1.54) is 0 Å². The largest absolute Gasteiger partial charge is 0.438 e. The number of hydrogen-bond acceptors (Lipinski definition) is 3. The van der Waals surface area contributed by atoms with Gasteiger partial charge in [-0.25, -0.2) is 4.74 Å². The summed E-state index contributed by atoms with van der Waals surface area (Å²) in [5.74, 6) is -12.8. The first-order valence-electron chi connectivity index (χ1n) is 3.74. The van der Waals surface area contributed by atoms with Crippen molar-refractivity contribution < 1.29 is 49.3 Å². The molecule has 0 bridgehead atoms. The van der Waals surface area contributed by atoms with Crippen LogP contribution in [-0.2, 0) is 14.2 Å². The van der Waals surface area contributed by atoms with Crippen molar-refractivity contribution in [2.75, 3.05) is 0 Å². The molecule has 0 aromatic carbocycles. The number of hydrogen-bond donors (Lipinski definition) is 0. The summed E-state index contributed by atoms with van der Waals surface area (Å²) in [6.45, 7) is 0. The predicted octanol–water partition coefficient (Wildman–Crippen LogP) is 2.65. The average Bonchev–Trinajstić information content (AvgIpc) is 2.44. The van der Waals surface area contributed by atoms with Crippen molar-refractivity contribution in [3.63, 3.8) is 0 Å². The van der Waals surface area contributed by atoms with Crippen LogP contribution in [-0.4, -0.2) is 23.9 Å². The zero-order valence-corrected chi connectivity index (χ0v) is 7.25. The summed E-state index contributed by atoms with van der Waals surface area (Å²) in [7, 11) is 0. The van der Waals surface area contributed by atoms with Crippen molar-refractivity contribution in [1.82, 2.24) is 0 Å². The summed E-state index contributed by atoms with van der Waals surface area (Å²) in [6, 6.07) is 0. The minimum absolute atomic E-state index is 2.39. The molecule has 0 radical (unpaired) electrons. The van der Waals surface area contributed by atoms with Crippen LogP contribution in [0.3, 0.4) is 0 Å². The smallest absolute Gasteiger partial charge is 0.410 e. The van der Waals surface area contributed by atoms with E-state index in [1.807, 2.05) is 0 Å². The van der Waals surface area contributed by atoms with Crippen molar-refractivity contribution in [3.05, 3.63) is 12.0 Å². The molecule has 2 heterocycles. The summed E-state index contributed by atoms with van der Waals surface area (Å²) in [6.07, 6.45) is -14.1. The summed E-state index contributed by atoms with van der Waals surface area (Å²) in [4.78, 5) is 0. The van der Waals surface area contributed by atoms with Crippen molar-refractivity contribution in [2.24, 2.45) is 0 Å². The van der Waals surface area contributed by atoms with Gasteiger partial charge in [0.25, 0.3) is 0 Å². The van der Waals surface area contributed by atoms with E-state index in [9.17, 15) is 35.1 Å². The molecule has 0 aliphatic carbocycles. The third kappa shape index (κ3) is 1.14. The molecule has 0 aromatic heterocycles. The Balaban J connectivity index is 2.59. The predicted molar refractivity (Wildman–Crippen MR) is 30.1 cm³/mol. The number of rotatable bonds is 0. The van der Waals surface area contributed by atoms with Gasteiger partial charge in [0.15, 0.2) is 0 Å². The Hall–Kier alpha value is -1.26. The lowest BCUT2D eigenvalue weighted by Gasteiger charge is -2.22. The van der Waals surface area contributed by atoms with Crippen LogP contribution in [0.5, 0.6) is 0 Å². The summed E-state index contributed by atoms with van der Waals surface area (Å²) in [5.41, 5.74) is 0. The van der Waals surface area contributed by atoms with E-state index in [4.69, 9.17) is 0 Å². The number of ether oxygens (including phenoxy) is 3. The molecule has 2 saturated heterocycles. The summed E-state index contributed by atoms with van der Waals surface area (Å²) >= 11 is 0. The monoisotopic (exact) mass is 272 g/mol. The molecule has 2 aliphatic rings. The number of alkyl halides is 6. The third-order valence-corrected chi connectivity index (χ3v) is 2.04. The van der Waals surface area contributed by atoms with Gasteiger partial charge in [-0.05, 0) is 0 Å². The molecule has 2 aliphatic heterocycles. The van der Waals surface area contributed by atoms with Gasteiger partial charge in [-0.3, -0.25) is 0 Å². The van der Waals surface area contributed by atoms with Crippen molar-refractivity contribution >= 4 is 0 Å². The average molecular weight is 272 g/mol. The van der Waals surface area contributed by atoms with Crippen LogP contribution >= 0.6 is 0 Å². The second-order valence-electron chi connectivity index (χ2n) is 3.08. The van der Waals surface area contributed by atoms with E-state index >= 15 is 0 Å². The molecule has 0 spiro atoms. The molecule has 0 saturated carbocycles. The Labute approximate surface area is 86.5 Å². The highest BCUT2D eigenvalue weighted by atomic mass is 19.3. The second-order valence-corrected chi connectivity index (χ2v) is 3.08. The maximum atomic E-state index is 13.3. The fraction of sp³-hybridized carbons (Fsp3) is 0.667. The first-order chi connectivity index (χ1) is 7.47. The fourth-order valence-corrected chi connectivity index (χ4v) is 1.27. The lowest BCUT2D eigenvalue weighted by molar-refractivity contribution is -0.385. The lowest BCUT2D eigenvalue weighted by Crippen LogP contribution is -2.54. The fourth-order valence-electron chi connectivity index (χ4n) is 1.27. The Morgan fingerprint density at radius 2 is 1.12 bits per heavy atom. The van der Waals surface area contributed by atoms with Crippen LogP contribution in [0.4, 0.5) is 35.1 Å². The van der Waals surface area contributed by atoms with E-state index in [0.717, 1.165) is 0 Å². The molecule has 0 N–H and O–H groups in total. The van der Waals surface area contributed by atoms with Gasteiger partial charge in [-0.2, -0.15) is 35.1 Å². The third-order valence-electron chi connectivity index (χ3n) is 2.04. The molecule has 2 fully saturated rings. The molecule has 2 atom stereocenters. The first kappa shape index (κ1) is 12.2. The van der Waals surface area contributed by atoms with Crippen LogP contribution in [0.2, 0.25) is 0 Å². The molecule has 17 heavy (non-hydrogen) atoms. The normalized spacial score (nSPS) is 41.8. The maximum absolute atomic E-state index is 13.3. The molecule has 3 nitrogen and oxygen atoms in total. The molecule has 2 unspecified atom stereocenters. The Morgan fingerprint density at radius 3 is 1.41 bits per heavy atom. The SMILES string of the molecule is FC(F)=C1OC2(F)C(F)(F)OC(F)(F)C2(F)O1. The minimum atomic E-state index is -5.51. The molecular formula is C6F8O3. The lowest BCUT2D eigenvalue weighted by atomic mass is 10.1. The molecule has 2 rings (SSSR count). The van der Waals surface area contributed by atoms with Gasteiger partial charge in [0.05, 0.1) is 0 Å². The number of halogens is 8. The van der Waals surface area contributed by atoms with Crippen LogP contribution in [0, 0.1) is 0 Å².